The smallest absolute Gasteiger partial charge is 0.320 e. The number of hydrogen-bond donors (Lipinski definition) is 1. The first-order valence-electron chi connectivity index (χ1n) is 11.7. The molecule has 0 amide bonds. The van der Waals surface area contributed by atoms with Crippen LogP contribution in [0.4, 0.5) is 0 Å². The van der Waals surface area contributed by atoms with Gasteiger partial charge >= 0.3 is 5.97 Å². The lowest BCUT2D eigenvalue weighted by Crippen LogP contribution is -2.54. The van der Waals surface area contributed by atoms with Gasteiger partial charge < -0.3 is 24.7 Å². The molecule has 0 saturated carbocycles. The third-order valence-corrected chi connectivity index (χ3v) is 5.87. The molecule has 2 saturated heterocycles. The number of rotatable bonds is 14. The van der Waals surface area contributed by atoms with E-state index in [1.54, 1.807) is 0 Å². The number of nitrogens with two attached hydrogens (primary N) is 1. The molecule has 0 bridgehead atoms. The summed E-state index contributed by atoms with van der Waals surface area (Å²) >= 11 is 0. The zero-order chi connectivity index (χ0) is 20.8. The lowest BCUT2D eigenvalue weighted by Gasteiger charge is -2.43. The predicted molar refractivity (Wildman–Crippen MR) is 113 cm³/mol. The van der Waals surface area contributed by atoms with Crippen molar-refractivity contribution in [2.45, 2.75) is 83.0 Å². The summed E-state index contributed by atoms with van der Waals surface area (Å²) in [6.07, 6.45) is 10.6. The first kappa shape index (κ1) is 24.5. The van der Waals surface area contributed by atoms with E-state index in [0.717, 1.165) is 65.0 Å². The second kappa shape index (κ2) is 14.3. The Morgan fingerprint density at radius 3 is 2.55 bits per heavy atom. The number of ether oxygens (including phenoxy) is 4. The molecule has 2 rings (SSSR count). The summed E-state index contributed by atoms with van der Waals surface area (Å²) in [6, 6.07) is 0. The second-order valence-corrected chi connectivity index (χ2v) is 8.16. The van der Waals surface area contributed by atoms with Crippen LogP contribution in [0, 0.1) is 0 Å². The number of carbonyl (C=O) groups is 1. The highest BCUT2D eigenvalue weighted by molar-refractivity contribution is 5.71. The second-order valence-electron chi connectivity index (χ2n) is 8.16. The van der Waals surface area contributed by atoms with Crippen molar-refractivity contribution in [1.29, 1.82) is 0 Å². The van der Waals surface area contributed by atoms with Crippen LogP contribution in [-0.2, 0) is 23.7 Å². The number of unbranched alkanes of at least 4 members (excludes halogenated alkanes) is 6. The fourth-order valence-corrected chi connectivity index (χ4v) is 4.12. The van der Waals surface area contributed by atoms with Crippen molar-refractivity contribution in [2.75, 3.05) is 52.6 Å². The Labute approximate surface area is 176 Å². The fraction of sp³-hybridized carbons (Fsp3) is 0.955. The summed E-state index contributed by atoms with van der Waals surface area (Å²) in [4.78, 5) is 14.2. The van der Waals surface area contributed by atoms with E-state index in [1.807, 2.05) is 0 Å². The summed E-state index contributed by atoms with van der Waals surface area (Å²) in [5, 5.41) is 0. The molecule has 0 aromatic heterocycles. The molecule has 0 aromatic carbocycles. The Morgan fingerprint density at radius 2 is 1.83 bits per heavy atom. The Hall–Kier alpha value is -0.730. The summed E-state index contributed by atoms with van der Waals surface area (Å²) in [7, 11) is 0. The first-order chi connectivity index (χ1) is 14.2. The third-order valence-electron chi connectivity index (χ3n) is 5.87. The standard InChI is InChI=1S/C22H42N2O5/c1-2-3-4-5-6-7-8-11-22(28-18-14-24-12-16-26-17-13-24)20(10-9-15-27-22)29-21(25)19-23/h20H,2-19,23H2,1H3. The molecule has 7 nitrogen and oxygen atoms in total. The molecule has 2 heterocycles. The summed E-state index contributed by atoms with van der Waals surface area (Å²) in [5.74, 6) is -1.22. The van der Waals surface area contributed by atoms with E-state index in [4.69, 9.17) is 24.7 Å². The van der Waals surface area contributed by atoms with Gasteiger partial charge in [-0.25, -0.2) is 0 Å². The molecule has 2 N–H and O–H groups in total. The highest BCUT2D eigenvalue weighted by Crippen LogP contribution is 2.34. The molecular weight excluding hydrogens is 372 g/mol. The summed E-state index contributed by atoms with van der Waals surface area (Å²) in [5.41, 5.74) is 5.48. The molecule has 0 aromatic rings. The molecule has 2 fully saturated rings. The fourth-order valence-electron chi connectivity index (χ4n) is 4.12. The largest absolute Gasteiger partial charge is 0.456 e. The highest BCUT2D eigenvalue weighted by atomic mass is 16.7. The van der Waals surface area contributed by atoms with Gasteiger partial charge in [0.05, 0.1) is 33.0 Å². The van der Waals surface area contributed by atoms with Gasteiger partial charge in [0.15, 0.2) is 6.10 Å². The maximum Gasteiger partial charge on any atom is 0.320 e. The quantitative estimate of drug-likeness (QED) is 0.346. The van der Waals surface area contributed by atoms with E-state index in [9.17, 15) is 4.79 Å². The van der Waals surface area contributed by atoms with Gasteiger partial charge in [-0.05, 0) is 19.3 Å². The van der Waals surface area contributed by atoms with Crippen molar-refractivity contribution in [3.8, 4) is 0 Å². The van der Waals surface area contributed by atoms with Gasteiger partial charge in [0, 0.05) is 26.1 Å². The molecule has 0 aliphatic carbocycles. The van der Waals surface area contributed by atoms with E-state index in [0.29, 0.717) is 13.2 Å². The van der Waals surface area contributed by atoms with Crippen LogP contribution in [0.25, 0.3) is 0 Å². The normalized spacial score (nSPS) is 25.8. The van der Waals surface area contributed by atoms with E-state index in [2.05, 4.69) is 11.8 Å². The lowest BCUT2D eigenvalue weighted by molar-refractivity contribution is -0.307. The SMILES string of the molecule is CCCCCCCCCC1(OCCN2CCOCC2)OCCCC1OC(=O)CN. The van der Waals surface area contributed by atoms with Crippen LogP contribution in [0.15, 0.2) is 0 Å². The van der Waals surface area contributed by atoms with Crippen molar-refractivity contribution in [3.63, 3.8) is 0 Å². The van der Waals surface area contributed by atoms with Crippen molar-refractivity contribution < 1.29 is 23.7 Å². The van der Waals surface area contributed by atoms with Gasteiger partial charge in [0.25, 0.3) is 0 Å². The molecule has 7 heteroatoms. The van der Waals surface area contributed by atoms with Crippen LogP contribution in [-0.4, -0.2) is 75.4 Å². The Morgan fingerprint density at radius 1 is 1.10 bits per heavy atom. The molecule has 2 aliphatic rings. The van der Waals surface area contributed by atoms with Crippen LogP contribution < -0.4 is 5.73 Å². The number of nitrogens with zero attached hydrogens (tertiary/aromatic N) is 1. The van der Waals surface area contributed by atoms with Crippen LogP contribution in [0.2, 0.25) is 0 Å². The van der Waals surface area contributed by atoms with Gasteiger partial charge in [-0.1, -0.05) is 45.4 Å². The summed E-state index contributed by atoms with van der Waals surface area (Å²) in [6.45, 7) is 7.58. The zero-order valence-corrected chi connectivity index (χ0v) is 18.4. The van der Waals surface area contributed by atoms with Gasteiger partial charge in [-0.15, -0.1) is 0 Å². The van der Waals surface area contributed by atoms with Crippen LogP contribution in [0.5, 0.6) is 0 Å². The van der Waals surface area contributed by atoms with Crippen molar-refractivity contribution in [2.24, 2.45) is 5.73 Å². The molecule has 2 atom stereocenters. The lowest BCUT2D eigenvalue weighted by atomic mass is 9.95. The van der Waals surface area contributed by atoms with Crippen LogP contribution in [0.3, 0.4) is 0 Å². The monoisotopic (exact) mass is 414 g/mol. The third kappa shape index (κ3) is 8.89. The molecular formula is C22H42N2O5. The molecule has 29 heavy (non-hydrogen) atoms. The Kier molecular flexibility index (Phi) is 12.1. The number of hydrogen-bond acceptors (Lipinski definition) is 7. The highest BCUT2D eigenvalue weighted by Gasteiger charge is 2.45. The first-order valence-corrected chi connectivity index (χ1v) is 11.7. The molecule has 2 unspecified atom stereocenters. The van der Waals surface area contributed by atoms with Crippen molar-refractivity contribution in [1.82, 2.24) is 4.90 Å². The average molecular weight is 415 g/mol. The minimum Gasteiger partial charge on any atom is -0.456 e. The van der Waals surface area contributed by atoms with Crippen molar-refractivity contribution >= 4 is 5.97 Å². The van der Waals surface area contributed by atoms with E-state index in [1.165, 1.54) is 32.1 Å². The summed E-state index contributed by atoms with van der Waals surface area (Å²) < 4.78 is 23.6. The van der Waals surface area contributed by atoms with E-state index >= 15 is 0 Å². The maximum absolute atomic E-state index is 11.9. The van der Waals surface area contributed by atoms with Gasteiger partial charge in [0.2, 0.25) is 5.79 Å². The number of carbonyl (C=O) groups excluding carboxylic acids is 1. The molecule has 0 radical (unpaired) electrons. The maximum atomic E-state index is 11.9. The van der Waals surface area contributed by atoms with E-state index < -0.39 is 5.79 Å². The molecule has 0 spiro atoms. The van der Waals surface area contributed by atoms with Crippen molar-refractivity contribution in [3.05, 3.63) is 0 Å². The minimum atomic E-state index is -0.835. The molecule has 2 aliphatic heterocycles. The van der Waals surface area contributed by atoms with Gasteiger partial charge in [-0.3, -0.25) is 9.69 Å². The zero-order valence-electron chi connectivity index (χ0n) is 18.4. The topological polar surface area (TPSA) is 83.2 Å². The number of esters is 1. The van der Waals surface area contributed by atoms with Crippen LogP contribution >= 0.6 is 0 Å². The minimum absolute atomic E-state index is 0.113. The average Bonchev–Trinajstić information content (AvgIpc) is 2.75. The van der Waals surface area contributed by atoms with Crippen LogP contribution in [0.1, 0.15) is 71.1 Å². The Bertz CT molecular complexity index is 445. The molecule has 170 valence electrons. The van der Waals surface area contributed by atoms with E-state index in [-0.39, 0.29) is 18.6 Å². The number of morpholine rings is 1. The Balaban J connectivity index is 1.87. The van der Waals surface area contributed by atoms with Gasteiger partial charge in [-0.2, -0.15) is 0 Å². The predicted octanol–water partition coefficient (Wildman–Crippen LogP) is 2.85. The van der Waals surface area contributed by atoms with Gasteiger partial charge in [0.1, 0.15) is 0 Å².